The monoisotopic (exact) mass is 238 g/mol. The summed E-state index contributed by atoms with van der Waals surface area (Å²) in [5, 5.41) is 9.11. The van der Waals surface area contributed by atoms with Crippen LogP contribution in [-0.2, 0) is 0 Å². The summed E-state index contributed by atoms with van der Waals surface area (Å²) in [7, 11) is 0. The Hall–Kier alpha value is -2.34. The molecule has 3 nitrogen and oxygen atoms in total. The van der Waals surface area contributed by atoms with Crippen molar-refractivity contribution in [3.8, 4) is 23.1 Å². The van der Waals surface area contributed by atoms with Gasteiger partial charge in [0.2, 0.25) is 0 Å². The van der Waals surface area contributed by atoms with Gasteiger partial charge in [0.1, 0.15) is 6.07 Å². The molecule has 1 heterocycles. The van der Waals surface area contributed by atoms with Gasteiger partial charge in [-0.2, -0.15) is 5.26 Å². The molecule has 2 rings (SSSR count). The number of pyridine rings is 1. The van der Waals surface area contributed by atoms with E-state index in [-0.39, 0.29) is 0 Å². The van der Waals surface area contributed by atoms with Crippen LogP contribution in [-0.4, -0.2) is 11.6 Å². The lowest BCUT2D eigenvalue weighted by atomic mass is 10.1. The molecule has 90 valence electrons. The molecule has 2 aromatic rings. The molecule has 0 aliphatic carbocycles. The van der Waals surface area contributed by atoms with Crippen LogP contribution in [0, 0.1) is 18.3 Å². The van der Waals surface area contributed by atoms with Crippen molar-refractivity contribution in [2.24, 2.45) is 0 Å². The van der Waals surface area contributed by atoms with E-state index in [0.717, 1.165) is 11.3 Å². The number of nitriles is 1. The Kier molecular flexibility index (Phi) is 3.59. The van der Waals surface area contributed by atoms with Crippen LogP contribution >= 0.6 is 0 Å². The van der Waals surface area contributed by atoms with Gasteiger partial charge in [0.05, 0.1) is 24.1 Å². The third-order valence-electron chi connectivity index (χ3n) is 2.60. The Morgan fingerprint density at radius 3 is 2.83 bits per heavy atom. The smallest absolute Gasteiger partial charge is 0.155 e. The Morgan fingerprint density at radius 1 is 1.33 bits per heavy atom. The number of nitrogens with zero attached hydrogens (tertiary/aromatic N) is 2. The topological polar surface area (TPSA) is 45.9 Å². The second kappa shape index (κ2) is 5.33. The van der Waals surface area contributed by atoms with Gasteiger partial charge in [-0.1, -0.05) is 23.8 Å². The molecular weight excluding hydrogens is 224 g/mol. The molecule has 0 bridgehead atoms. The molecule has 0 amide bonds. The minimum atomic E-state index is 0.517. The zero-order chi connectivity index (χ0) is 13.0. The number of aromatic nitrogens is 1. The second-order valence-electron chi connectivity index (χ2n) is 3.98. The minimum Gasteiger partial charge on any atom is -0.491 e. The Morgan fingerprint density at radius 2 is 2.17 bits per heavy atom. The third-order valence-corrected chi connectivity index (χ3v) is 2.60. The molecule has 0 fully saturated rings. The molecule has 0 unspecified atom stereocenters. The van der Waals surface area contributed by atoms with E-state index in [1.807, 2.05) is 38.1 Å². The van der Waals surface area contributed by atoms with E-state index in [1.165, 1.54) is 5.56 Å². The Balaban J connectivity index is 2.45. The molecule has 0 aliphatic rings. The quantitative estimate of drug-likeness (QED) is 0.824. The zero-order valence-electron chi connectivity index (χ0n) is 10.5. The van der Waals surface area contributed by atoms with E-state index in [9.17, 15) is 0 Å². The fourth-order valence-electron chi connectivity index (χ4n) is 1.76. The fourth-order valence-corrected chi connectivity index (χ4v) is 1.76. The third kappa shape index (κ3) is 2.49. The van der Waals surface area contributed by atoms with Crippen molar-refractivity contribution in [2.45, 2.75) is 13.8 Å². The molecule has 0 saturated heterocycles. The highest BCUT2D eigenvalue weighted by molar-refractivity contribution is 5.63. The van der Waals surface area contributed by atoms with E-state index in [0.29, 0.717) is 17.9 Å². The van der Waals surface area contributed by atoms with Gasteiger partial charge >= 0.3 is 0 Å². The van der Waals surface area contributed by atoms with Crippen LogP contribution < -0.4 is 4.74 Å². The lowest BCUT2D eigenvalue weighted by Crippen LogP contribution is -1.96. The molecule has 1 aromatic carbocycles. The van der Waals surface area contributed by atoms with Crippen LogP contribution in [0.3, 0.4) is 0 Å². The first-order chi connectivity index (χ1) is 8.74. The molecule has 0 atom stereocenters. The van der Waals surface area contributed by atoms with Gasteiger partial charge in [-0.25, -0.2) is 0 Å². The van der Waals surface area contributed by atoms with Crippen LogP contribution in [0.25, 0.3) is 11.3 Å². The number of benzene rings is 1. The summed E-state index contributed by atoms with van der Waals surface area (Å²) in [5.74, 6) is 0.538. The molecule has 0 aliphatic heterocycles. The summed E-state index contributed by atoms with van der Waals surface area (Å²) in [6.07, 6.45) is 1.61. The van der Waals surface area contributed by atoms with Gasteiger partial charge in [0, 0.05) is 5.56 Å². The van der Waals surface area contributed by atoms with Gasteiger partial charge in [0.15, 0.2) is 5.75 Å². The minimum absolute atomic E-state index is 0.517. The summed E-state index contributed by atoms with van der Waals surface area (Å²) in [4.78, 5) is 4.34. The Labute approximate surface area is 107 Å². The summed E-state index contributed by atoms with van der Waals surface area (Å²) < 4.78 is 5.36. The number of hydrogen-bond donors (Lipinski definition) is 0. The van der Waals surface area contributed by atoms with Crippen molar-refractivity contribution in [2.75, 3.05) is 6.61 Å². The first-order valence-corrected chi connectivity index (χ1v) is 5.84. The molecule has 18 heavy (non-hydrogen) atoms. The van der Waals surface area contributed by atoms with Crippen LogP contribution in [0.2, 0.25) is 0 Å². The van der Waals surface area contributed by atoms with E-state index in [4.69, 9.17) is 10.00 Å². The summed E-state index contributed by atoms with van der Waals surface area (Å²) >= 11 is 0. The van der Waals surface area contributed by atoms with Crippen LogP contribution in [0.4, 0.5) is 0 Å². The van der Waals surface area contributed by atoms with E-state index >= 15 is 0 Å². The van der Waals surface area contributed by atoms with Crippen LogP contribution in [0.15, 0.2) is 36.5 Å². The molecular formula is C15H14N2O. The number of ether oxygens (including phenoxy) is 1. The first kappa shape index (κ1) is 12.1. The van der Waals surface area contributed by atoms with Gasteiger partial charge in [0.25, 0.3) is 0 Å². The highest BCUT2D eigenvalue weighted by atomic mass is 16.5. The van der Waals surface area contributed by atoms with Crippen molar-refractivity contribution in [3.63, 3.8) is 0 Å². The predicted octanol–water partition coefficient (Wildman–Crippen LogP) is 3.33. The molecule has 0 radical (unpaired) electrons. The maximum Gasteiger partial charge on any atom is 0.155 e. The number of rotatable bonds is 3. The van der Waals surface area contributed by atoms with Crippen molar-refractivity contribution >= 4 is 0 Å². The maximum absolute atomic E-state index is 9.11. The highest BCUT2D eigenvalue weighted by Gasteiger charge is 2.07. The maximum atomic E-state index is 9.11. The van der Waals surface area contributed by atoms with Crippen LogP contribution in [0.5, 0.6) is 5.75 Å². The average Bonchev–Trinajstić information content (AvgIpc) is 2.39. The standard InChI is InChI=1S/C15H14N2O/c1-3-18-15-10-17-14(8-13(15)9-16)12-6-4-5-11(2)7-12/h4-8,10H,3H2,1-2H3. The Bertz CT molecular complexity index is 600. The molecule has 0 saturated carbocycles. The molecule has 0 spiro atoms. The SMILES string of the molecule is CCOc1cnc(-c2cccc(C)c2)cc1C#N. The first-order valence-electron chi connectivity index (χ1n) is 5.84. The van der Waals surface area contributed by atoms with Crippen molar-refractivity contribution in [3.05, 3.63) is 47.7 Å². The summed E-state index contributed by atoms with van der Waals surface area (Å²) in [6, 6.07) is 11.9. The lowest BCUT2D eigenvalue weighted by molar-refractivity contribution is 0.338. The van der Waals surface area contributed by atoms with E-state index in [1.54, 1.807) is 12.3 Å². The molecule has 1 aromatic heterocycles. The lowest BCUT2D eigenvalue weighted by Gasteiger charge is -2.07. The normalized spacial score (nSPS) is 9.83. The van der Waals surface area contributed by atoms with Gasteiger partial charge in [-0.05, 0) is 26.0 Å². The fraction of sp³-hybridized carbons (Fsp3) is 0.200. The summed E-state index contributed by atoms with van der Waals surface area (Å²) in [5.41, 5.74) is 3.48. The largest absolute Gasteiger partial charge is 0.491 e. The predicted molar refractivity (Wildman–Crippen MR) is 70.3 cm³/mol. The van der Waals surface area contributed by atoms with Gasteiger partial charge in [-0.3, -0.25) is 4.98 Å². The number of aryl methyl sites for hydroxylation is 1. The van der Waals surface area contributed by atoms with Crippen molar-refractivity contribution in [1.29, 1.82) is 5.26 Å². The highest BCUT2D eigenvalue weighted by Crippen LogP contribution is 2.24. The van der Waals surface area contributed by atoms with Gasteiger partial charge in [-0.15, -0.1) is 0 Å². The van der Waals surface area contributed by atoms with Crippen molar-refractivity contribution < 1.29 is 4.74 Å². The van der Waals surface area contributed by atoms with Crippen LogP contribution in [0.1, 0.15) is 18.1 Å². The molecule has 3 heteroatoms. The summed E-state index contributed by atoms with van der Waals surface area (Å²) in [6.45, 7) is 4.44. The second-order valence-corrected chi connectivity index (χ2v) is 3.98. The van der Waals surface area contributed by atoms with Crippen molar-refractivity contribution in [1.82, 2.24) is 4.98 Å². The average molecular weight is 238 g/mol. The van der Waals surface area contributed by atoms with E-state index < -0.39 is 0 Å². The zero-order valence-corrected chi connectivity index (χ0v) is 10.5. The number of hydrogen-bond acceptors (Lipinski definition) is 3. The molecule has 0 N–H and O–H groups in total. The van der Waals surface area contributed by atoms with Gasteiger partial charge < -0.3 is 4.74 Å². The van der Waals surface area contributed by atoms with E-state index in [2.05, 4.69) is 11.1 Å².